The monoisotopic (exact) mass is 322 g/mol. The maximum Gasteiger partial charge on any atom is 0.174 e. The van der Waals surface area contributed by atoms with Gasteiger partial charge in [0, 0.05) is 12.0 Å². The second-order valence-corrected chi connectivity index (χ2v) is 9.68. The number of ether oxygens (including phenoxy) is 1. The van der Waals surface area contributed by atoms with Crippen LogP contribution in [0, 0.1) is 28.6 Å². The van der Waals surface area contributed by atoms with Crippen LogP contribution in [0.5, 0.6) is 11.5 Å². The van der Waals surface area contributed by atoms with Crippen LogP contribution >= 0.6 is 0 Å². The van der Waals surface area contributed by atoms with Gasteiger partial charge in [-0.05, 0) is 72.3 Å². The minimum absolute atomic E-state index is 0.153. The topological polar surface area (TPSA) is 46.5 Å². The van der Waals surface area contributed by atoms with Crippen molar-refractivity contribution < 1.29 is 14.6 Å². The number of carbonyl (C=O) groups excluding carboxylic acids is 1. The van der Waals surface area contributed by atoms with E-state index in [1.807, 2.05) is 0 Å². The molecule has 1 heterocycles. The summed E-state index contributed by atoms with van der Waals surface area (Å²) < 4.78 is 6.30. The summed E-state index contributed by atoms with van der Waals surface area (Å²) in [6.07, 6.45) is 6.44. The van der Waals surface area contributed by atoms with Gasteiger partial charge in [0.1, 0.15) is 0 Å². The normalized spacial score (nSPS) is 54.1. The van der Waals surface area contributed by atoms with Crippen molar-refractivity contribution in [3.63, 3.8) is 0 Å². The SMILES string of the molecule is CC12CCC(=O)[C@@H]3Oc4c(O)ccc5c4C31C1CC23CC3CC1C5. The fraction of sp³-hybridized carbons (Fsp3) is 0.667. The van der Waals surface area contributed by atoms with Crippen molar-refractivity contribution in [2.45, 2.75) is 57.0 Å². The van der Waals surface area contributed by atoms with Gasteiger partial charge in [-0.3, -0.25) is 4.79 Å². The maximum atomic E-state index is 13.0. The molecule has 2 bridgehead atoms. The fourth-order valence-corrected chi connectivity index (χ4v) is 8.71. The number of rotatable bonds is 0. The number of Topliss-reactive ketones (excluding diaryl/α,β-unsaturated/α-hetero) is 1. The summed E-state index contributed by atoms with van der Waals surface area (Å²) >= 11 is 0. The molecule has 4 saturated carbocycles. The van der Waals surface area contributed by atoms with E-state index in [4.69, 9.17) is 4.74 Å². The molecule has 2 spiro atoms. The van der Waals surface area contributed by atoms with Gasteiger partial charge in [0.15, 0.2) is 23.4 Å². The fourth-order valence-electron chi connectivity index (χ4n) is 8.71. The van der Waals surface area contributed by atoms with Crippen LogP contribution in [0.15, 0.2) is 12.1 Å². The molecule has 0 saturated heterocycles. The van der Waals surface area contributed by atoms with Crippen molar-refractivity contribution in [3.05, 3.63) is 23.3 Å². The lowest BCUT2D eigenvalue weighted by Crippen LogP contribution is -2.61. The second-order valence-electron chi connectivity index (χ2n) is 9.68. The van der Waals surface area contributed by atoms with Crippen molar-refractivity contribution in [2.24, 2.45) is 28.6 Å². The highest BCUT2D eigenvalue weighted by molar-refractivity contribution is 5.90. The van der Waals surface area contributed by atoms with E-state index in [0.29, 0.717) is 29.4 Å². The predicted molar refractivity (Wildman–Crippen MR) is 87.0 cm³/mol. The first-order chi connectivity index (χ1) is 11.5. The van der Waals surface area contributed by atoms with Crippen LogP contribution in [0.2, 0.25) is 0 Å². The van der Waals surface area contributed by atoms with Crippen LogP contribution < -0.4 is 4.74 Å². The first-order valence-corrected chi connectivity index (χ1v) is 9.58. The molecule has 3 heteroatoms. The molecule has 7 rings (SSSR count). The molecule has 3 nitrogen and oxygen atoms in total. The molecule has 6 unspecified atom stereocenters. The zero-order valence-electron chi connectivity index (χ0n) is 14.0. The third-order valence-corrected chi connectivity index (χ3v) is 9.50. The Labute approximate surface area is 141 Å². The van der Waals surface area contributed by atoms with Crippen LogP contribution in [-0.2, 0) is 16.6 Å². The number of benzene rings is 1. The standard InChI is InChI=1S/C21H22O3/c1-19-5-4-15(23)18-21(19)13-9-20(19)8-12(20)7-11(13)6-10-2-3-14(22)17(24-18)16(10)21/h2-3,11-13,18,22H,4-9H2,1H3/t11?,12?,13?,18-,19?,20?,21?/m0/s1. The lowest BCUT2D eigenvalue weighted by Gasteiger charge is -2.54. The van der Waals surface area contributed by atoms with E-state index < -0.39 is 0 Å². The molecule has 0 radical (unpaired) electrons. The number of hydrogen-bond donors (Lipinski definition) is 1. The number of phenolic OH excluding ortho intramolecular Hbond substituents is 1. The molecule has 4 fully saturated rings. The highest BCUT2D eigenvalue weighted by Gasteiger charge is 2.86. The van der Waals surface area contributed by atoms with Crippen molar-refractivity contribution in [2.75, 3.05) is 0 Å². The maximum absolute atomic E-state index is 13.0. The van der Waals surface area contributed by atoms with Crippen molar-refractivity contribution >= 4 is 5.78 Å². The minimum Gasteiger partial charge on any atom is -0.504 e. The molecule has 1 aromatic rings. The number of ketones is 1. The molecule has 1 aromatic carbocycles. The summed E-state index contributed by atoms with van der Waals surface area (Å²) in [6, 6.07) is 3.89. The van der Waals surface area contributed by atoms with Crippen molar-refractivity contribution in [3.8, 4) is 11.5 Å². The van der Waals surface area contributed by atoms with Crippen LogP contribution in [0.25, 0.3) is 0 Å². The summed E-state index contributed by atoms with van der Waals surface area (Å²) in [5, 5.41) is 10.5. The minimum atomic E-state index is -0.343. The van der Waals surface area contributed by atoms with E-state index in [-0.39, 0.29) is 28.5 Å². The second kappa shape index (κ2) is 3.27. The molecule has 7 atom stereocenters. The van der Waals surface area contributed by atoms with Gasteiger partial charge in [-0.2, -0.15) is 0 Å². The molecule has 124 valence electrons. The molecule has 6 aliphatic rings. The molecular formula is C21H22O3. The van der Waals surface area contributed by atoms with Crippen molar-refractivity contribution in [1.29, 1.82) is 0 Å². The van der Waals surface area contributed by atoms with E-state index >= 15 is 0 Å². The number of hydrogen-bond acceptors (Lipinski definition) is 3. The molecule has 0 aromatic heterocycles. The Hall–Kier alpha value is -1.51. The Morgan fingerprint density at radius 2 is 2.17 bits per heavy atom. The molecule has 0 amide bonds. The summed E-state index contributed by atoms with van der Waals surface area (Å²) in [7, 11) is 0. The Morgan fingerprint density at radius 1 is 1.29 bits per heavy atom. The quantitative estimate of drug-likeness (QED) is 0.797. The number of aromatic hydroxyl groups is 1. The zero-order valence-corrected chi connectivity index (χ0v) is 14.0. The summed E-state index contributed by atoms with van der Waals surface area (Å²) in [5.74, 6) is 3.30. The Balaban J connectivity index is 1.66. The van der Waals surface area contributed by atoms with Gasteiger partial charge >= 0.3 is 0 Å². The largest absolute Gasteiger partial charge is 0.504 e. The highest BCUT2D eigenvalue weighted by Crippen LogP contribution is 2.88. The first kappa shape index (κ1) is 12.8. The lowest BCUT2D eigenvalue weighted by atomic mass is 9.47. The summed E-state index contributed by atoms with van der Waals surface area (Å²) in [5.41, 5.74) is 3.06. The van der Waals surface area contributed by atoms with Gasteiger partial charge in [-0.25, -0.2) is 0 Å². The van der Waals surface area contributed by atoms with Gasteiger partial charge in [0.2, 0.25) is 0 Å². The lowest BCUT2D eigenvalue weighted by molar-refractivity contribution is -0.140. The predicted octanol–water partition coefficient (Wildman–Crippen LogP) is 3.36. The Bertz CT molecular complexity index is 859. The van der Waals surface area contributed by atoms with Crippen LogP contribution in [0.4, 0.5) is 0 Å². The third-order valence-electron chi connectivity index (χ3n) is 9.50. The van der Waals surface area contributed by atoms with Crippen LogP contribution in [0.1, 0.15) is 50.2 Å². The molecule has 1 aliphatic heterocycles. The van der Waals surface area contributed by atoms with E-state index in [1.165, 1.54) is 30.4 Å². The van der Waals surface area contributed by atoms with Gasteiger partial charge < -0.3 is 9.84 Å². The molecule has 1 N–H and O–H groups in total. The Morgan fingerprint density at radius 3 is 3.04 bits per heavy atom. The van der Waals surface area contributed by atoms with E-state index in [9.17, 15) is 9.90 Å². The molecule has 24 heavy (non-hydrogen) atoms. The van der Waals surface area contributed by atoms with Gasteiger partial charge in [-0.15, -0.1) is 0 Å². The first-order valence-electron chi connectivity index (χ1n) is 9.58. The van der Waals surface area contributed by atoms with E-state index in [2.05, 4.69) is 13.0 Å². The van der Waals surface area contributed by atoms with Crippen LogP contribution in [0.3, 0.4) is 0 Å². The van der Waals surface area contributed by atoms with E-state index in [1.54, 1.807) is 6.07 Å². The smallest absolute Gasteiger partial charge is 0.174 e. The highest BCUT2D eigenvalue weighted by atomic mass is 16.5. The van der Waals surface area contributed by atoms with Gasteiger partial charge in [-0.1, -0.05) is 13.0 Å². The summed E-state index contributed by atoms with van der Waals surface area (Å²) in [6.45, 7) is 2.48. The third kappa shape index (κ3) is 0.930. The van der Waals surface area contributed by atoms with Crippen LogP contribution in [-0.4, -0.2) is 17.0 Å². The van der Waals surface area contributed by atoms with Crippen molar-refractivity contribution in [1.82, 2.24) is 0 Å². The van der Waals surface area contributed by atoms with Gasteiger partial charge in [0.05, 0.1) is 5.41 Å². The Kier molecular flexibility index (Phi) is 1.75. The number of phenols is 1. The van der Waals surface area contributed by atoms with Gasteiger partial charge in [0.25, 0.3) is 0 Å². The summed E-state index contributed by atoms with van der Waals surface area (Å²) in [4.78, 5) is 13.0. The van der Waals surface area contributed by atoms with E-state index in [0.717, 1.165) is 18.8 Å². The molecule has 5 aliphatic carbocycles. The zero-order chi connectivity index (χ0) is 16.1. The number of carbonyl (C=O) groups is 1. The molecular weight excluding hydrogens is 300 g/mol. The average Bonchev–Trinajstić information content (AvgIpc) is 3.09. The average molecular weight is 322 g/mol.